The quantitative estimate of drug-likeness (QED) is 0.239. The highest BCUT2D eigenvalue weighted by atomic mass is 19.4. The topological polar surface area (TPSA) is 44.1 Å². The smallest absolute Gasteiger partial charge is 0.418 e. The summed E-state index contributed by atoms with van der Waals surface area (Å²) in [6.45, 7) is 0.324. The minimum Gasteiger partial charge on any atom is -0.457 e. The van der Waals surface area contributed by atoms with E-state index in [-0.39, 0.29) is 11.3 Å². The van der Waals surface area contributed by atoms with Gasteiger partial charge in [0.25, 0.3) is 0 Å². The molecule has 6 rings (SSSR count). The number of aromatic nitrogens is 2. The van der Waals surface area contributed by atoms with E-state index < -0.39 is 11.7 Å². The molecule has 5 aromatic rings. The second-order valence-electron chi connectivity index (χ2n) is 9.38. The van der Waals surface area contributed by atoms with Gasteiger partial charge in [-0.05, 0) is 54.8 Å². The molecule has 0 saturated heterocycles. The fourth-order valence-electron chi connectivity index (χ4n) is 5.10. The van der Waals surface area contributed by atoms with Gasteiger partial charge in [0.05, 0.1) is 17.8 Å². The number of nitrogens with zero attached hydrogens (tertiary/aromatic N) is 2. The normalized spacial score (nSPS) is 13.5. The van der Waals surface area contributed by atoms with E-state index in [1.165, 1.54) is 6.07 Å². The van der Waals surface area contributed by atoms with Crippen molar-refractivity contribution in [2.24, 2.45) is 0 Å². The molecule has 0 unspecified atom stereocenters. The van der Waals surface area contributed by atoms with Gasteiger partial charge in [-0.3, -0.25) is 9.48 Å². The van der Waals surface area contributed by atoms with Gasteiger partial charge in [0, 0.05) is 28.5 Å². The van der Waals surface area contributed by atoms with Crippen LogP contribution in [0.25, 0.3) is 22.2 Å². The predicted molar refractivity (Wildman–Crippen MR) is 139 cm³/mol. The van der Waals surface area contributed by atoms with Crippen molar-refractivity contribution in [3.63, 3.8) is 0 Å². The fourth-order valence-corrected chi connectivity index (χ4v) is 5.10. The van der Waals surface area contributed by atoms with Gasteiger partial charge < -0.3 is 4.74 Å². The van der Waals surface area contributed by atoms with Crippen molar-refractivity contribution in [2.75, 3.05) is 0 Å². The molecular weight excluding hydrogens is 489 g/mol. The van der Waals surface area contributed by atoms with E-state index >= 15 is 0 Å². The molecule has 1 heterocycles. The summed E-state index contributed by atoms with van der Waals surface area (Å²) in [5.74, 6) is 1.36. The van der Waals surface area contributed by atoms with Crippen LogP contribution in [0, 0.1) is 0 Å². The molecule has 1 aliphatic rings. The van der Waals surface area contributed by atoms with E-state index in [4.69, 9.17) is 4.74 Å². The van der Waals surface area contributed by atoms with E-state index in [1.54, 1.807) is 22.9 Å². The Hall–Kier alpha value is -4.39. The molecule has 4 nitrogen and oxygen atoms in total. The molecule has 1 aliphatic carbocycles. The van der Waals surface area contributed by atoms with Crippen molar-refractivity contribution < 1.29 is 22.7 Å². The first kappa shape index (κ1) is 24.0. The maximum atomic E-state index is 13.8. The van der Waals surface area contributed by atoms with Crippen LogP contribution in [0.4, 0.5) is 13.2 Å². The van der Waals surface area contributed by atoms with Crippen LogP contribution >= 0.6 is 0 Å². The van der Waals surface area contributed by atoms with Crippen molar-refractivity contribution in [3.05, 3.63) is 113 Å². The predicted octanol–water partition coefficient (Wildman–Crippen LogP) is 8.08. The molecule has 38 heavy (non-hydrogen) atoms. The van der Waals surface area contributed by atoms with Gasteiger partial charge in [0.15, 0.2) is 5.78 Å². The second-order valence-corrected chi connectivity index (χ2v) is 9.38. The third-order valence-corrected chi connectivity index (χ3v) is 6.87. The van der Waals surface area contributed by atoms with Gasteiger partial charge in [-0.15, -0.1) is 0 Å². The van der Waals surface area contributed by atoms with Crippen molar-refractivity contribution in [3.8, 4) is 22.8 Å². The van der Waals surface area contributed by atoms with Gasteiger partial charge in [-0.1, -0.05) is 54.6 Å². The van der Waals surface area contributed by atoms with Crippen LogP contribution in [0.15, 0.2) is 91.0 Å². The first-order valence-electron chi connectivity index (χ1n) is 12.4. The zero-order valence-corrected chi connectivity index (χ0v) is 20.3. The number of halogens is 3. The van der Waals surface area contributed by atoms with E-state index in [2.05, 4.69) is 5.10 Å². The van der Waals surface area contributed by atoms with Crippen LogP contribution in [0.2, 0.25) is 0 Å². The lowest BCUT2D eigenvalue weighted by Gasteiger charge is -2.18. The van der Waals surface area contributed by atoms with E-state index in [9.17, 15) is 18.0 Å². The molecule has 0 fully saturated rings. The molecule has 0 radical (unpaired) electrons. The van der Waals surface area contributed by atoms with E-state index in [0.29, 0.717) is 41.1 Å². The molecule has 0 bridgehead atoms. The van der Waals surface area contributed by atoms with Crippen molar-refractivity contribution in [1.82, 2.24) is 9.78 Å². The highest BCUT2D eigenvalue weighted by molar-refractivity contribution is 5.99. The van der Waals surface area contributed by atoms with Crippen LogP contribution in [0.5, 0.6) is 11.5 Å². The highest BCUT2D eigenvalue weighted by Gasteiger charge is 2.34. The lowest BCUT2D eigenvalue weighted by Crippen LogP contribution is -2.11. The Morgan fingerprint density at radius 2 is 1.61 bits per heavy atom. The number of rotatable bonds is 5. The first-order valence-corrected chi connectivity index (χ1v) is 12.4. The summed E-state index contributed by atoms with van der Waals surface area (Å²) in [5.41, 5.74) is 3.04. The first-order chi connectivity index (χ1) is 18.4. The maximum Gasteiger partial charge on any atom is 0.418 e. The molecular formula is C31H23F3N2O2. The highest BCUT2D eigenvalue weighted by Crippen LogP contribution is 2.39. The van der Waals surface area contributed by atoms with Crippen LogP contribution in [-0.4, -0.2) is 15.6 Å². The number of carbonyl (C=O) groups is 1. The molecule has 0 atom stereocenters. The Bertz CT molecular complexity index is 1640. The molecule has 0 saturated carbocycles. The Morgan fingerprint density at radius 1 is 0.842 bits per heavy atom. The average Bonchev–Trinajstić information content (AvgIpc) is 3.27. The molecule has 0 amide bonds. The minimum atomic E-state index is -4.52. The summed E-state index contributed by atoms with van der Waals surface area (Å²) >= 11 is 0. The number of alkyl halides is 3. The zero-order chi connectivity index (χ0) is 26.3. The number of benzene rings is 4. The van der Waals surface area contributed by atoms with Crippen LogP contribution in [-0.2, 0) is 19.1 Å². The third kappa shape index (κ3) is 4.45. The number of fused-ring (bicyclic) bond motifs is 2. The van der Waals surface area contributed by atoms with Crippen molar-refractivity contribution in [1.29, 1.82) is 0 Å². The Morgan fingerprint density at radius 3 is 2.37 bits per heavy atom. The van der Waals surface area contributed by atoms with E-state index in [1.807, 2.05) is 60.7 Å². The number of hydrogen-bond acceptors (Lipinski definition) is 3. The minimum absolute atomic E-state index is 0.0770. The largest absolute Gasteiger partial charge is 0.457 e. The Labute approximate surface area is 217 Å². The summed E-state index contributed by atoms with van der Waals surface area (Å²) in [7, 11) is 0. The third-order valence-electron chi connectivity index (χ3n) is 6.87. The van der Waals surface area contributed by atoms with Gasteiger partial charge in [-0.2, -0.15) is 18.3 Å². The number of ether oxygens (including phenoxy) is 1. The molecule has 7 heteroatoms. The SMILES string of the molecule is O=C1CCCc2c(Oc3ccc(-c4c5cccc(C(F)(F)F)c5nn4Cc4ccccc4)cc3)cccc21. The van der Waals surface area contributed by atoms with Gasteiger partial charge in [-0.25, -0.2) is 0 Å². The Kier molecular flexibility index (Phi) is 5.98. The summed E-state index contributed by atoms with van der Waals surface area (Å²) in [4.78, 5) is 12.3. The summed E-state index contributed by atoms with van der Waals surface area (Å²) in [6.07, 6.45) is -2.40. The number of ketones is 1. The molecule has 0 aliphatic heterocycles. The van der Waals surface area contributed by atoms with E-state index in [0.717, 1.165) is 35.6 Å². The molecule has 4 aromatic carbocycles. The van der Waals surface area contributed by atoms with Crippen molar-refractivity contribution >= 4 is 16.7 Å². The monoisotopic (exact) mass is 512 g/mol. The van der Waals surface area contributed by atoms with Crippen LogP contribution < -0.4 is 4.74 Å². The molecule has 0 spiro atoms. The van der Waals surface area contributed by atoms with Crippen LogP contribution in [0.3, 0.4) is 0 Å². The van der Waals surface area contributed by atoms with Crippen molar-refractivity contribution in [2.45, 2.75) is 32.0 Å². The zero-order valence-electron chi connectivity index (χ0n) is 20.3. The summed E-state index contributed by atoms with van der Waals surface area (Å²) < 4.78 is 49.2. The number of carbonyl (C=O) groups excluding carboxylic acids is 1. The molecule has 1 aromatic heterocycles. The fraction of sp³-hybridized carbons (Fsp3) is 0.161. The summed E-state index contributed by atoms with van der Waals surface area (Å²) in [6, 6.07) is 26.4. The second kappa shape index (κ2) is 9.49. The summed E-state index contributed by atoms with van der Waals surface area (Å²) in [5, 5.41) is 4.86. The average molecular weight is 513 g/mol. The lowest BCUT2D eigenvalue weighted by atomic mass is 9.90. The standard InChI is InChI=1S/C31H23F3N2O2/c32-31(33,34)26-12-4-11-25-29(26)35-36(19-20-7-2-1-3-8-20)30(25)21-15-17-22(18-16-21)38-28-14-6-9-23-24(28)10-5-13-27(23)37/h1-4,6-9,11-12,14-18H,5,10,13,19H2. The maximum absolute atomic E-state index is 13.8. The lowest BCUT2D eigenvalue weighted by molar-refractivity contribution is -0.136. The number of Topliss-reactive ketones (excluding diaryl/α,β-unsaturated/α-hetero) is 1. The number of hydrogen-bond donors (Lipinski definition) is 0. The molecule has 0 N–H and O–H groups in total. The van der Waals surface area contributed by atoms with Gasteiger partial charge in [0.2, 0.25) is 0 Å². The van der Waals surface area contributed by atoms with Gasteiger partial charge in [0.1, 0.15) is 17.0 Å². The van der Waals surface area contributed by atoms with Crippen LogP contribution in [0.1, 0.15) is 39.9 Å². The molecule has 190 valence electrons. The van der Waals surface area contributed by atoms with Gasteiger partial charge >= 0.3 is 6.18 Å². The Balaban J connectivity index is 1.40.